The molecule has 0 aliphatic carbocycles. The molecule has 33 heavy (non-hydrogen) atoms. The van der Waals surface area contributed by atoms with Gasteiger partial charge >= 0.3 is 0 Å². The molecular formula is C24H27N3O6. The fraction of sp³-hybridized carbons (Fsp3) is 0.333. The number of nitrogens with zero attached hydrogens (tertiary/aromatic N) is 1. The predicted molar refractivity (Wildman–Crippen MR) is 120 cm³/mol. The van der Waals surface area contributed by atoms with Gasteiger partial charge in [-0.05, 0) is 50.1 Å². The molecule has 1 heterocycles. The monoisotopic (exact) mass is 453 g/mol. The van der Waals surface area contributed by atoms with Gasteiger partial charge in [0.15, 0.2) is 11.5 Å². The minimum Gasteiger partial charge on any atom is -0.493 e. The summed E-state index contributed by atoms with van der Waals surface area (Å²) >= 11 is 0. The summed E-state index contributed by atoms with van der Waals surface area (Å²) in [6.45, 7) is 4.48. The summed E-state index contributed by atoms with van der Waals surface area (Å²) in [7, 11) is 1.48. The maximum atomic E-state index is 12.5. The van der Waals surface area contributed by atoms with Crippen LogP contribution in [0.3, 0.4) is 0 Å². The Labute approximate surface area is 192 Å². The third kappa shape index (κ3) is 5.49. The number of ether oxygens (including phenoxy) is 2. The van der Waals surface area contributed by atoms with Gasteiger partial charge in [-0.25, -0.2) is 0 Å². The van der Waals surface area contributed by atoms with Gasteiger partial charge in [-0.1, -0.05) is 18.6 Å². The molecule has 2 aromatic carbocycles. The van der Waals surface area contributed by atoms with Crippen LogP contribution in [0.15, 0.2) is 36.4 Å². The second-order valence-corrected chi connectivity index (χ2v) is 7.63. The zero-order valence-electron chi connectivity index (χ0n) is 18.9. The molecule has 2 N–H and O–H groups in total. The first-order valence-corrected chi connectivity index (χ1v) is 10.7. The van der Waals surface area contributed by atoms with E-state index in [-0.39, 0.29) is 36.8 Å². The molecule has 0 aromatic heterocycles. The highest BCUT2D eigenvalue weighted by Crippen LogP contribution is 2.28. The molecule has 0 radical (unpaired) electrons. The minimum absolute atomic E-state index is 0.0276. The van der Waals surface area contributed by atoms with Crippen molar-refractivity contribution in [2.75, 3.05) is 20.3 Å². The highest BCUT2D eigenvalue weighted by Gasteiger charge is 2.34. The van der Waals surface area contributed by atoms with E-state index in [0.717, 1.165) is 16.9 Å². The smallest absolute Gasteiger partial charge is 0.269 e. The Morgan fingerprint density at radius 3 is 2.45 bits per heavy atom. The van der Waals surface area contributed by atoms with E-state index < -0.39 is 11.8 Å². The first-order valence-electron chi connectivity index (χ1n) is 10.7. The van der Waals surface area contributed by atoms with E-state index in [1.807, 2.05) is 13.8 Å². The minimum atomic E-state index is -0.514. The van der Waals surface area contributed by atoms with Gasteiger partial charge in [0.1, 0.15) is 0 Å². The summed E-state index contributed by atoms with van der Waals surface area (Å²) in [6, 6.07) is 9.84. The summed E-state index contributed by atoms with van der Waals surface area (Å²) in [5.74, 6) is -0.719. The molecule has 0 unspecified atom stereocenters. The van der Waals surface area contributed by atoms with Gasteiger partial charge in [-0.15, -0.1) is 0 Å². The van der Waals surface area contributed by atoms with Crippen LogP contribution in [0, 0.1) is 6.92 Å². The Kier molecular flexibility index (Phi) is 7.66. The number of amides is 4. The number of nitrogens with one attached hydrogen (secondary N) is 2. The zero-order valence-corrected chi connectivity index (χ0v) is 18.9. The Balaban J connectivity index is 1.47. The number of hydrazine groups is 1. The fourth-order valence-corrected chi connectivity index (χ4v) is 3.41. The molecule has 9 heteroatoms. The fourth-order valence-electron chi connectivity index (χ4n) is 3.41. The van der Waals surface area contributed by atoms with Crippen LogP contribution in [0.1, 0.15) is 62.8 Å². The van der Waals surface area contributed by atoms with Crippen LogP contribution in [0.2, 0.25) is 0 Å². The number of hydrogen-bond donors (Lipinski definition) is 2. The molecule has 0 saturated carbocycles. The Morgan fingerprint density at radius 2 is 1.73 bits per heavy atom. The summed E-state index contributed by atoms with van der Waals surface area (Å²) < 4.78 is 10.8. The van der Waals surface area contributed by atoms with Gasteiger partial charge in [0.25, 0.3) is 17.7 Å². The normalized spacial score (nSPS) is 12.4. The van der Waals surface area contributed by atoms with Gasteiger partial charge in [0.2, 0.25) is 5.91 Å². The quantitative estimate of drug-likeness (QED) is 0.446. The van der Waals surface area contributed by atoms with E-state index in [9.17, 15) is 19.2 Å². The average Bonchev–Trinajstić information content (AvgIpc) is 3.05. The van der Waals surface area contributed by atoms with Crippen molar-refractivity contribution in [3.63, 3.8) is 0 Å². The van der Waals surface area contributed by atoms with Crippen molar-refractivity contribution in [2.24, 2.45) is 0 Å². The van der Waals surface area contributed by atoms with Gasteiger partial charge in [-0.2, -0.15) is 0 Å². The van der Waals surface area contributed by atoms with Gasteiger partial charge in [0, 0.05) is 18.5 Å². The molecule has 0 atom stereocenters. The van der Waals surface area contributed by atoms with Crippen LogP contribution in [0.25, 0.3) is 0 Å². The van der Waals surface area contributed by atoms with Gasteiger partial charge < -0.3 is 9.47 Å². The molecule has 0 saturated heterocycles. The number of imide groups is 1. The van der Waals surface area contributed by atoms with Crippen molar-refractivity contribution < 1.29 is 28.7 Å². The third-order valence-electron chi connectivity index (χ3n) is 5.11. The number of hydrogen-bond acceptors (Lipinski definition) is 6. The number of carbonyl (C=O) groups is 4. The SMILES string of the molecule is CCCOc1ccc(C(=O)NNC(=O)CCCN2C(=O)c3ccc(C)cc3C2=O)cc1OC. The highest BCUT2D eigenvalue weighted by atomic mass is 16.5. The summed E-state index contributed by atoms with van der Waals surface area (Å²) in [6.07, 6.45) is 1.13. The molecule has 3 rings (SSSR count). The Bertz CT molecular complexity index is 1080. The maximum absolute atomic E-state index is 12.5. The number of aryl methyl sites for hydroxylation is 1. The van der Waals surface area contributed by atoms with Crippen LogP contribution in [0.5, 0.6) is 11.5 Å². The van der Waals surface area contributed by atoms with Crippen LogP contribution >= 0.6 is 0 Å². The first-order chi connectivity index (χ1) is 15.8. The van der Waals surface area contributed by atoms with Crippen molar-refractivity contribution in [1.82, 2.24) is 15.8 Å². The van der Waals surface area contributed by atoms with E-state index in [0.29, 0.717) is 29.2 Å². The molecule has 0 bridgehead atoms. The molecule has 1 aliphatic heterocycles. The Morgan fingerprint density at radius 1 is 0.970 bits per heavy atom. The lowest BCUT2D eigenvalue weighted by Crippen LogP contribution is -2.42. The van der Waals surface area contributed by atoms with E-state index >= 15 is 0 Å². The van der Waals surface area contributed by atoms with Crippen LogP contribution in [-0.2, 0) is 4.79 Å². The third-order valence-corrected chi connectivity index (χ3v) is 5.11. The second kappa shape index (κ2) is 10.6. The van der Waals surface area contributed by atoms with Crippen molar-refractivity contribution in [1.29, 1.82) is 0 Å². The molecule has 0 spiro atoms. The van der Waals surface area contributed by atoms with Crippen molar-refractivity contribution in [3.05, 3.63) is 58.7 Å². The van der Waals surface area contributed by atoms with E-state index in [2.05, 4.69) is 10.9 Å². The second-order valence-electron chi connectivity index (χ2n) is 7.63. The number of methoxy groups -OCH3 is 1. The standard InChI is InChI=1S/C24H27N3O6/c1-4-12-33-19-10-8-16(14-20(19)32-3)22(29)26-25-21(28)6-5-11-27-23(30)17-9-7-15(2)13-18(17)24(27)31/h7-10,13-14H,4-6,11-12H2,1-3H3,(H,25,28)(H,26,29). The summed E-state index contributed by atoms with van der Waals surface area (Å²) in [4.78, 5) is 50.5. The molecule has 174 valence electrons. The van der Waals surface area contributed by atoms with E-state index in [1.165, 1.54) is 13.2 Å². The van der Waals surface area contributed by atoms with Gasteiger partial charge in [-0.3, -0.25) is 34.9 Å². The predicted octanol–water partition coefficient (Wildman–Crippen LogP) is 2.63. The lowest BCUT2D eigenvalue weighted by atomic mass is 10.1. The summed E-state index contributed by atoms with van der Waals surface area (Å²) in [5, 5.41) is 0. The maximum Gasteiger partial charge on any atom is 0.269 e. The van der Waals surface area contributed by atoms with Crippen LogP contribution < -0.4 is 20.3 Å². The number of rotatable bonds is 9. The molecule has 1 aliphatic rings. The van der Waals surface area contributed by atoms with E-state index in [1.54, 1.807) is 30.3 Å². The number of fused-ring (bicyclic) bond motifs is 1. The molecular weight excluding hydrogens is 426 g/mol. The van der Waals surface area contributed by atoms with E-state index in [4.69, 9.17) is 9.47 Å². The van der Waals surface area contributed by atoms with Crippen LogP contribution in [-0.4, -0.2) is 48.8 Å². The lowest BCUT2D eigenvalue weighted by Gasteiger charge is -2.14. The molecule has 2 aromatic rings. The number of carbonyl (C=O) groups excluding carboxylic acids is 4. The van der Waals surface area contributed by atoms with Crippen LogP contribution in [0.4, 0.5) is 0 Å². The largest absolute Gasteiger partial charge is 0.493 e. The highest BCUT2D eigenvalue weighted by molar-refractivity contribution is 6.21. The number of benzene rings is 2. The molecule has 4 amide bonds. The topological polar surface area (TPSA) is 114 Å². The Hall–Kier alpha value is -3.88. The van der Waals surface area contributed by atoms with Gasteiger partial charge in [0.05, 0.1) is 24.8 Å². The first kappa shape index (κ1) is 23.8. The van der Waals surface area contributed by atoms with Crippen molar-refractivity contribution in [3.8, 4) is 11.5 Å². The lowest BCUT2D eigenvalue weighted by molar-refractivity contribution is -0.122. The van der Waals surface area contributed by atoms with Crippen molar-refractivity contribution in [2.45, 2.75) is 33.1 Å². The molecule has 9 nitrogen and oxygen atoms in total. The van der Waals surface area contributed by atoms with Crippen molar-refractivity contribution >= 4 is 23.6 Å². The average molecular weight is 453 g/mol. The molecule has 0 fully saturated rings. The summed E-state index contributed by atoms with van der Waals surface area (Å²) in [5.41, 5.74) is 6.64. The zero-order chi connectivity index (χ0) is 24.0.